The molecule has 2 amide bonds. The summed E-state index contributed by atoms with van der Waals surface area (Å²) in [7, 11) is 2.92. The highest BCUT2D eigenvalue weighted by atomic mass is 16.4. The Balaban J connectivity index is 4.48. The van der Waals surface area contributed by atoms with E-state index < -0.39 is 12.0 Å². The van der Waals surface area contributed by atoms with Crippen LogP contribution in [0.4, 0.5) is 0 Å². The molecule has 0 spiro atoms. The summed E-state index contributed by atoms with van der Waals surface area (Å²) in [5, 5.41) is 8.86. The Labute approximate surface area is 94.8 Å². The van der Waals surface area contributed by atoms with Crippen molar-refractivity contribution in [3.63, 3.8) is 0 Å². The van der Waals surface area contributed by atoms with Gasteiger partial charge < -0.3 is 14.9 Å². The van der Waals surface area contributed by atoms with E-state index in [2.05, 4.69) is 0 Å². The summed E-state index contributed by atoms with van der Waals surface area (Å²) >= 11 is 0. The number of carbonyl (C=O) groups excluding carboxylic acids is 2. The molecule has 0 aliphatic heterocycles. The quantitative estimate of drug-likeness (QED) is 0.708. The van der Waals surface area contributed by atoms with Gasteiger partial charge in [-0.2, -0.15) is 0 Å². The molecule has 1 unspecified atom stereocenters. The molecule has 0 aliphatic carbocycles. The highest BCUT2D eigenvalue weighted by Crippen LogP contribution is 2.03. The fourth-order valence-electron chi connectivity index (χ4n) is 1.21. The van der Waals surface area contributed by atoms with Crippen molar-refractivity contribution in [1.82, 2.24) is 9.80 Å². The van der Waals surface area contributed by atoms with Crippen LogP contribution < -0.4 is 0 Å². The van der Waals surface area contributed by atoms with E-state index in [1.165, 1.54) is 25.9 Å². The first-order valence-electron chi connectivity index (χ1n) is 5.01. The van der Waals surface area contributed by atoms with Gasteiger partial charge in [0.2, 0.25) is 11.8 Å². The van der Waals surface area contributed by atoms with Crippen LogP contribution in [0.25, 0.3) is 0 Å². The smallest absolute Gasteiger partial charge is 0.326 e. The van der Waals surface area contributed by atoms with Crippen molar-refractivity contribution >= 4 is 17.8 Å². The van der Waals surface area contributed by atoms with Gasteiger partial charge >= 0.3 is 5.97 Å². The minimum atomic E-state index is -1.04. The van der Waals surface area contributed by atoms with E-state index in [1.807, 2.05) is 0 Å². The summed E-state index contributed by atoms with van der Waals surface area (Å²) in [6, 6.07) is -0.840. The third kappa shape index (κ3) is 3.88. The molecule has 0 fully saturated rings. The van der Waals surface area contributed by atoms with Crippen LogP contribution in [-0.4, -0.2) is 59.4 Å². The predicted octanol–water partition coefficient (Wildman–Crippen LogP) is -0.214. The Bertz CT molecular complexity index is 291. The molecule has 0 aromatic heterocycles. The summed E-state index contributed by atoms with van der Waals surface area (Å²) in [5.41, 5.74) is 0. The number of nitrogens with zero attached hydrogens (tertiary/aromatic N) is 2. The number of amides is 2. The molecule has 0 saturated carbocycles. The van der Waals surface area contributed by atoms with E-state index in [1.54, 1.807) is 6.92 Å². The van der Waals surface area contributed by atoms with Crippen LogP contribution in [0.1, 0.15) is 20.3 Å². The second-order valence-corrected chi connectivity index (χ2v) is 3.64. The van der Waals surface area contributed by atoms with Gasteiger partial charge in [0.1, 0.15) is 6.04 Å². The summed E-state index contributed by atoms with van der Waals surface area (Å²) in [4.78, 5) is 35.8. The molecule has 6 nitrogen and oxygen atoms in total. The lowest BCUT2D eigenvalue weighted by atomic mass is 10.2. The SMILES string of the molecule is CCC(C(=O)O)N(C)C(=O)CN(C)C(C)=O. The zero-order chi connectivity index (χ0) is 12.9. The van der Waals surface area contributed by atoms with Gasteiger partial charge in [-0.15, -0.1) is 0 Å². The second kappa shape index (κ2) is 6.09. The standard InChI is InChI=1S/C10H18N2O4/c1-5-8(10(15)16)12(4)9(14)6-11(3)7(2)13/h8H,5-6H2,1-4H3,(H,15,16). The van der Waals surface area contributed by atoms with Crippen LogP contribution in [0.3, 0.4) is 0 Å². The van der Waals surface area contributed by atoms with Crippen LogP contribution >= 0.6 is 0 Å². The molecule has 16 heavy (non-hydrogen) atoms. The minimum Gasteiger partial charge on any atom is -0.480 e. The van der Waals surface area contributed by atoms with E-state index in [4.69, 9.17) is 5.11 Å². The Hall–Kier alpha value is -1.59. The van der Waals surface area contributed by atoms with E-state index >= 15 is 0 Å². The number of carboxylic acids is 1. The third-order valence-corrected chi connectivity index (χ3v) is 2.44. The number of hydrogen-bond donors (Lipinski definition) is 1. The van der Waals surface area contributed by atoms with Crippen molar-refractivity contribution in [2.45, 2.75) is 26.3 Å². The van der Waals surface area contributed by atoms with Gasteiger partial charge in [0.15, 0.2) is 0 Å². The molecule has 1 N–H and O–H groups in total. The molecule has 0 bridgehead atoms. The first-order chi connectivity index (χ1) is 7.31. The summed E-state index contributed by atoms with van der Waals surface area (Å²) in [6.07, 6.45) is 0.335. The first-order valence-corrected chi connectivity index (χ1v) is 5.01. The van der Waals surface area contributed by atoms with Crippen LogP contribution in [0.5, 0.6) is 0 Å². The molecular formula is C10H18N2O4. The molecular weight excluding hydrogens is 212 g/mol. The van der Waals surface area contributed by atoms with E-state index in [-0.39, 0.29) is 18.4 Å². The van der Waals surface area contributed by atoms with E-state index in [0.29, 0.717) is 6.42 Å². The minimum absolute atomic E-state index is 0.102. The molecule has 6 heteroatoms. The monoisotopic (exact) mass is 230 g/mol. The summed E-state index contributed by atoms with van der Waals surface area (Å²) in [6.45, 7) is 2.94. The Morgan fingerprint density at radius 2 is 1.75 bits per heavy atom. The van der Waals surface area contributed by atoms with Crippen molar-refractivity contribution in [3.05, 3.63) is 0 Å². The number of hydrogen-bond acceptors (Lipinski definition) is 3. The molecule has 0 aromatic carbocycles. The van der Waals surface area contributed by atoms with Gasteiger partial charge in [0, 0.05) is 21.0 Å². The first kappa shape index (κ1) is 14.4. The average Bonchev–Trinajstić information content (AvgIpc) is 2.17. The van der Waals surface area contributed by atoms with Gasteiger partial charge in [-0.1, -0.05) is 6.92 Å². The highest BCUT2D eigenvalue weighted by Gasteiger charge is 2.25. The summed E-state index contributed by atoms with van der Waals surface area (Å²) < 4.78 is 0. The van der Waals surface area contributed by atoms with Gasteiger partial charge in [-0.3, -0.25) is 9.59 Å². The maximum absolute atomic E-state index is 11.6. The lowest BCUT2D eigenvalue weighted by Gasteiger charge is -2.25. The Morgan fingerprint density at radius 3 is 2.06 bits per heavy atom. The van der Waals surface area contributed by atoms with Gasteiger partial charge in [0.25, 0.3) is 0 Å². The summed E-state index contributed by atoms with van der Waals surface area (Å²) in [5.74, 6) is -1.65. The van der Waals surface area contributed by atoms with Crippen molar-refractivity contribution in [2.24, 2.45) is 0 Å². The zero-order valence-corrected chi connectivity index (χ0v) is 10.1. The van der Waals surface area contributed by atoms with Crippen molar-refractivity contribution in [1.29, 1.82) is 0 Å². The largest absolute Gasteiger partial charge is 0.480 e. The van der Waals surface area contributed by atoms with Crippen LogP contribution in [0.2, 0.25) is 0 Å². The van der Waals surface area contributed by atoms with Crippen LogP contribution in [0, 0.1) is 0 Å². The Morgan fingerprint density at radius 1 is 1.25 bits per heavy atom. The maximum atomic E-state index is 11.6. The lowest BCUT2D eigenvalue weighted by Crippen LogP contribution is -2.46. The molecule has 0 saturated heterocycles. The predicted molar refractivity (Wildman–Crippen MR) is 57.8 cm³/mol. The molecule has 0 aliphatic rings. The second-order valence-electron chi connectivity index (χ2n) is 3.64. The zero-order valence-electron chi connectivity index (χ0n) is 10.1. The topological polar surface area (TPSA) is 77.9 Å². The molecule has 92 valence electrons. The molecule has 0 aromatic rings. The van der Waals surface area contributed by atoms with E-state index in [9.17, 15) is 14.4 Å². The molecule has 0 heterocycles. The van der Waals surface area contributed by atoms with Crippen molar-refractivity contribution in [2.75, 3.05) is 20.6 Å². The maximum Gasteiger partial charge on any atom is 0.326 e. The van der Waals surface area contributed by atoms with Gasteiger partial charge in [0.05, 0.1) is 6.54 Å². The fraction of sp³-hybridized carbons (Fsp3) is 0.700. The van der Waals surface area contributed by atoms with Crippen molar-refractivity contribution in [3.8, 4) is 0 Å². The highest BCUT2D eigenvalue weighted by molar-refractivity contribution is 5.87. The van der Waals surface area contributed by atoms with E-state index in [0.717, 1.165) is 4.90 Å². The number of aliphatic carboxylic acids is 1. The number of likely N-dealkylation sites (N-methyl/N-ethyl adjacent to an activating group) is 2. The normalized spacial score (nSPS) is 11.8. The number of carbonyl (C=O) groups is 3. The molecule has 1 atom stereocenters. The Kier molecular flexibility index (Phi) is 5.49. The van der Waals surface area contributed by atoms with Crippen LogP contribution in [-0.2, 0) is 14.4 Å². The number of rotatable bonds is 5. The van der Waals surface area contributed by atoms with Gasteiger partial charge in [-0.25, -0.2) is 4.79 Å². The third-order valence-electron chi connectivity index (χ3n) is 2.44. The van der Waals surface area contributed by atoms with Crippen LogP contribution in [0.15, 0.2) is 0 Å². The average molecular weight is 230 g/mol. The number of carboxylic acid groups (broad SMARTS) is 1. The molecule has 0 rings (SSSR count). The molecule has 0 radical (unpaired) electrons. The van der Waals surface area contributed by atoms with Gasteiger partial charge in [-0.05, 0) is 6.42 Å². The van der Waals surface area contributed by atoms with Crippen molar-refractivity contribution < 1.29 is 19.5 Å². The fourth-order valence-corrected chi connectivity index (χ4v) is 1.21. The lowest BCUT2D eigenvalue weighted by molar-refractivity contribution is -0.150.